The van der Waals surface area contributed by atoms with E-state index in [4.69, 9.17) is 11.6 Å². The third-order valence-electron chi connectivity index (χ3n) is 4.80. The number of benzene rings is 1. The molecule has 0 bridgehead atoms. The van der Waals surface area contributed by atoms with Crippen LogP contribution in [0.2, 0.25) is 5.02 Å². The molecule has 4 rings (SSSR count). The van der Waals surface area contributed by atoms with Crippen LogP contribution >= 0.6 is 24.0 Å². The Hall–Kier alpha value is -3.27. The largest absolute Gasteiger partial charge is 0.394 e. The standard InChI is InChI=1S/C21H18ClFN6O2.ClH/c1-28-19(5-8-25-28)27-21-24-7-4-17(26-21)13-6-9-29(20(31)11-13)18(12-30)14-2-3-15(22)16(23)10-14;/h2-11,18,30H,12H2,1H3,(H,24,26,27);1H. The summed E-state index contributed by atoms with van der Waals surface area (Å²) in [5.41, 5.74) is 1.19. The number of pyridine rings is 1. The normalized spacial score (nSPS) is 11.6. The summed E-state index contributed by atoms with van der Waals surface area (Å²) in [6, 6.07) is 10.0. The maximum Gasteiger partial charge on any atom is 0.251 e. The van der Waals surface area contributed by atoms with Crippen molar-refractivity contribution in [2.75, 3.05) is 11.9 Å². The molecule has 166 valence electrons. The van der Waals surface area contributed by atoms with Crippen molar-refractivity contribution < 1.29 is 9.50 Å². The molecular formula is C21H19Cl2FN6O2. The lowest BCUT2D eigenvalue weighted by molar-refractivity contribution is 0.247. The lowest BCUT2D eigenvalue weighted by Crippen LogP contribution is -2.27. The first-order valence-corrected chi connectivity index (χ1v) is 9.70. The van der Waals surface area contributed by atoms with Crippen molar-refractivity contribution >= 4 is 35.8 Å². The molecule has 1 aromatic carbocycles. The van der Waals surface area contributed by atoms with E-state index < -0.39 is 11.9 Å². The van der Waals surface area contributed by atoms with Crippen molar-refractivity contribution in [3.05, 3.63) is 87.8 Å². The molecular weight excluding hydrogens is 458 g/mol. The van der Waals surface area contributed by atoms with Gasteiger partial charge in [-0.2, -0.15) is 5.10 Å². The van der Waals surface area contributed by atoms with Gasteiger partial charge in [0.15, 0.2) is 0 Å². The number of hydrogen-bond acceptors (Lipinski definition) is 6. The predicted molar refractivity (Wildman–Crippen MR) is 122 cm³/mol. The zero-order valence-corrected chi connectivity index (χ0v) is 18.4. The average molecular weight is 477 g/mol. The summed E-state index contributed by atoms with van der Waals surface area (Å²) in [4.78, 5) is 21.4. The minimum Gasteiger partial charge on any atom is -0.394 e. The second-order valence-corrected chi connectivity index (χ2v) is 7.17. The van der Waals surface area contributed by atoms with Gasteiger partial charge in [0, 0.05) is 37.1 Å². The van der Waals surface area contributed by atoms with Crippen LogP contribution in [0.4, 0.5) is 16.2 Å². The first-order chi connectivity index (χ1) is 15.0. The highest BCUT2D eigenvalue weighted by atomic mass is 35.5. The summed E-state index contributed by atoms with van der Waals surface area (Å²) < 4.78 is 16.8. The van der Waals surface area contributed by atoms with Crippen molar-refractivity contribution in [1.82, 2.24) is 24.3 Å². The zero-order chi connectivity index (χ0) is 22.0. The molecule has 0 aliphatic heterocycles. The molecule has 0 aliphatic rings. The lowest BCUT2D eigenvalue weighted by atomic mass is 10.1. The Morgan fingerprint density at radius 2 is 2.00 bits per heavy atom. The van der Waals surface area contributed by atoms with E-state index in [0.717, 1.165) is 0 Å². The van der Waals surface area contributed by atoms with Crippen LogP contribution in [0.5, 0.6) is 0 Å². The van der Waals surface area contributed by atoms with Gasteiger partial charge in [-0.1, -0.05) is 17.7 Å². The summed E-state index contributed by atoms with van der Waals surface area (Å²) >= 11 is 5.73. The molecule has 32 heavy (non-hydrogen) atoms. The van der Waals surface area contributed by atoms with Crippen LogP contribution in [0.1, 0.15) is 11.6 Å². The Labute approximate surface area is 193 Å². The number of nitrogens with one attached hydrogen (secondary N) is 1. The van der Waals surface area contributed by atoms with Gasteiger partial charge in [-0.3, -0.25) is 9.48 Å². The topological polar surface area (TPSA) is 97.9 Å². The van der Waals surface area contributed by atoms with Crippen LogP contribution in [0.25, 0.3) is 11.3 Å². The quantitative estimate of drug-likeness (QED) is 0.441. The molecule has 8 nitrogen and oxygen atoms in total. The molecule has 11 heteroatoms. The fourth-order valence-corrected chi connectivity index (χ4v) is 3.29. The van der Waals surface area contributed by atoms with Gasteiger partial charge in [-0.25, -0.2) is 14.4 Å². The number of rotatable bonds is 6. The molecule has 0 aliphatic carbocycles. The van der Waals surface area contributed by atoms with E-state index in [1.54, 1.807) is 54.6 Å². The Morgan fingerprint density at radius 1 is 1.19 bits per heavy atom. The average Bonchev–Trinajstić information content (AvgIpc) is 3.16. The molecule has 1 unspecified atom stereocenters. The van der Waals surface area contributed by atoms with Gasteiger partial charge in [-0.05, 0) is 29.8 Å². The van der Waals surface area contributed by atoms with E-state index >= 15 is 0 Å². The van der Waals surface area contributed by atoms with E-state index in [0.29, 0.717) is 28.6 Å². The summed E-state index contributed by atoms with van der Waals surface area (Å²) in [5.74, 6) is 0.459. The van der Waals surface area contributed by atoms with E-state index in [1.807, 2.05) is 0 Å². The monoisotopic (exact) mass is 476 g/mol. The first-order valence-electron chi connectivity index (χ1n) is 9.32. The molecule has 0 spiro atoms. The van der Waals surface area contributed by atoms with Crippen LogP contribution < -0.4 is 10.9 Å². The SMILES string of the molecule is Cl.Cn1nccc1Nc1nccc(-c2ccn(C(CO)c3ccc(Cl)c(F)c3)c(=O)c2)n1. The number of aryl methyl sites for hydroxylation is 1. The molecule has 1 atom stereocenters. The minimum absolute atomic E-state index is 0. The van der Waals surface area contributed by atoms with Crippen molar-refractivity contribution in [3.63, 3.8) is 0 Å². The maximum atomic E-state index is 13.8. The molecule has 3 heterocycles. The Balaban J connectivity index is 0.00000289. The molecule has 0 saturated heterocycles. The van der Waals surface area contributed by atoms with Gasteiger partial charge in [0.1, 0.15) is 11.6 Å². The van der Waals surface area contributed by atoms with E-state index in [9.17, 15) is 14.3 Å². The van der Waals surface area contributed by atoms with E-state index in [1.165, 1.54) is 22.8 Å². The van der Waals surface area contributed by atoms with Crippen molar-refractivity contribution in [2.24, 2.45) is 7.05 Å². The third kappa shape index (κ3) is 4.80. The Kier molecular flexibility index (Phi) is 7.24. The summed E-state index contributed by atoms with van der Waals surface area (Å²) in [6.07, 6.45) is 4.77. The van der Waals surface area contributed by atoms with E-state index in [-0.39, 0.29) is 29.6 Å². The van der Waals surface area contributed by atoms with Gasteiger partial charge < -0.3 is 15.0 Å². The summed E-state index contributed by atoms with van der Waals surface area (Å²) in [7, 11) is 1.79. The zero-order valence-electron chi connectivity index (χ0n) is 16.8. The third-order valence-corrected chi connectivity index (χ3v) is 5.10. The number of aliphatic hydroxyl groups is 1. The van der Waals surface area contributed by atoms with Crippen LogP contribution in [-0.4, -0.2) is 36.0 Å². The molecule has 4 aromatic rings. The molecule has 0 radical (unpaired) electrons. The fraction of sp³-hybridized carbons (Fsp3) is 0.143. The second kappa shape index (κ2) is 9.90. The number of anilines is 2. The molecule has 2 N–H and O–H groups in total. The first kappa shape index (κ1) is 23.4. The smallest absolute Gasteiger partial charge is 0.251 e. The Bertz CT molecular complexity index is 1290. The molecule has 0 amide bonds. The van der Waals surface area contributed by atoms with Crippen LogP contribution in [0.15, 0.2) is 65.8 Å². The maximum absolute atomic E-state index is 13.8. The van der Waals surface area contributed by atoms with Crippen molar-refractivity contribution in [2.45, 2.75) is 6.04 Å². The van der Waals surface area contributed by atoms with Crippen LogP contribution in [0, 0.1) is 5.82 Å². The van der Waals surface area contributed by atoms with Crippen molar-refractivity contribution in [3.8, 4) is 11.3 Å². The van der Waals surface area contributed by atoms with Crippen LogP contribution in [0.3, 0.4) is 0 Å². The number of aromatic nitrogens is 5. The van der Waals surface area contributed by atoms with Gasteiger partial charge in [0.05, 0.1) is 29.6 Å². The molecule has 0 fully saturated rings. The summed E-state index contributed by atoms with van der Waals surface area (Å²) in [5, 5.41) is 16.9. The predicted octanol–water partition coefficient (Wildman–Crippen LogP) is 3.58. The number of halogens is 3. The molecule has 0 saturated carbocycles. The van der Waals surface area contributed by atoms with Crippen LogP contribution in [-0.2, 0) is 7.05 Å². The molecule has 3 aromatic heterocycles. The van der Waals surface area contributed by atoms with Gasteiger partial charge in [0.2, 0.25) is 5.95 Å². The minimum atomic E-state index is -0.749. The van der Waals surface area contributed by atoms with Crippen molar-refractivity contribution in [1.29, 1.82) is 0 Å². The number of hydrogen-bond donors (Lipinski definition) is 2. The van der Waals surface area contributed by atoms with Gasteiger partial charge in [0.25, 0.3) is 5.56 Å². The highest BCUT2D eigenvalue weighted by molar-refractivity contribution is 6.30. The highest BCUT2D eigenvalue weighted by Gasteiger charge is 2.16. The van der Waals surface area contributed by atoms with Gasteiger partial charge in [-0.15, -0.1) is 12.4 Å². The summed E-state index contributed by atoms with van der Waals surface area (Å²) in [6.45, 7) is -0.382. The number of nitrogens with zero attached hydrogens (tertiary/aromatic N) is 5. The lowest BCUT2D eigenvalue weighted by Gasteiger charge is -2.18. The highest BCUT2D eigenvalue weighted by Crippen LogP contribution is 2.23. The Morgan fingerprint density at radius 3 is 2.66 bits per heavy atom. The van der Waals surface area contributed by atoms with E-state index in [2.05, 4.69) is 20.4 Å². The number of aliphatic hydroxyl groups excluding tert-OH is 1. The van der Waals surface area contributed by atoms with Gasteiger partial charge >= 0.3 is 0 Å². The fourth-order valence-electron chi connectivity index (χ4n) is 3.17. The second-order valence-electron chi connectivity index (χ2n) is 6.76.